The van der Waals surface area contributed by atoms with Gasteiger partial charge in [-0.05, 0) is 37.5 Å². The number of benzene rings is 1. The molecule has 3 heterocycles. The fourth-order valence-corrected chi connectivity index (χ4v) is 3.86. The molecule has 1 amide bonds. The molecule has 1 aliphatic rings. The summed E-state index contributed by atoms with van der Waals surface area (Å²) in [5.74, 6) is 0.356. The maximum Gasteiger partial charge on any atom is 0.262 e. The normalized spacial score (nSPS) is 14.3. The summed E-state index contributed by atoms with van der Waals surface area (Å²) in [7, 11) is 0. The Kier molecular flexibility index (Phi) is 4.50. The van der Waals surface area contributed by atoms with E-state index in [1.54, 1.807) is 4.68 Å². The van der Waals surface area contributed by atoms with Gasteiger partial charge in [0, 0.05) is 13.1 Å². The van der Waals surface area contributed by atoms with Crippen LogP contribution in [0.3, 0.4) is 0 Å². The average Bonchev–Trinajstić information content (AvgIpc) is 3.29. The number of H-pyrrole nitrogens is 1. The molecule has 1 fully saturated rings. The second-order valence-electron chi connectivity index (χ2n) is 6.38. The second-order valence-corrected chi connectivity index (χ2v) is 7.34. The van der Waals surface area contributed by atoms with Crippen LogP contribution in [0.15, 0.2) is 40.4 Å². The summed E-state index contributed by atoms with van der Waals surface area (Å²) in [6.45, 7) is 3.64. The van der Waals surface area contributed by atoms with E-state index < -0.39 is 0 Å². The summed E-state index contributed by atoms with van der Waals surface area (Å²) in [6.07, 6.45) is 3.65. The molecule has 0 radical (unpaired) electrons. The van der Waals surface area contributed by atoms with Crippen molar-refractivity contribution >= 4 is 28.7 Å². The number of aryl methyl sites for hydroxylation is 1. The molecule has 3 aromatic rings. The Morgan fingerprint density at radius 1 is 1.31 bits per heavy atom. The van der Waals surface area contributed by atoms with Gasteiger partial charge in [-0.3, -0.25) is 9.59 Å². The first-order chi connectivity index (χ1) is 12.6. The van der Waals surface area contributed by atoms with Gasteiger partial charge in [0.1, 0.15) is 5.39 Å². The van der Waals surface area contributed by atoms with Crippen LogP contribution in [0.5, 0.6) is 0 Å². The molecule has 7 nitrogen and oxygen atoms in total. The van der Waals surface area contributed by atoms with Crippen molar-refractivity contribution in [3.63, 3.8) is 0 Å². The predicted octanol–water partition coefficient (Wildman–Crippen LogP) is 2.13. The fourth-order valence-electron chi connectivity index (χ4n) is 3.10. The number of nitrogens with zero attached hydrogens (tertiary/aromatic N) is 4. The van der Waals surface area contributed by atoms with Crippen molar-refractivity contribution < 1.29 is 4.79 Å². The fraction of sp³-hybridized carbons (Fsp3) is 0.333. The minimum Gasteiger partial charge on any atom is -0.342 e. The first kappa shape index (κ1) is 16.8. The molecule has 0 bridgehead atoms. The lowest BCUT2D eigenvalue weighted by molar-refractivity contribution is -0.127. The van der Waals surface area contributed by atoms with Crippen LogP contribution in [0.25, 0.3) is 16.7 Å². The molecule has 0 atom stereocenters. The Morgan fingerprint density at radius 3 is 2.88 bits per heavy atom. The number of thioether (sulfide) groups is 1. The van der Waals surface area contributed by atoms with Gasteiger partial charge in [0.05, 0.1) is 17.6 Å². The first-order valence-corrected chi connectivity index (χ1v) is 9.56. The zero-order valence-corrected chi connectivity index (χ0v) is 15.3. The number of carbonyl (C=O) groups excluding carboxylic acids is 1. The van der Waals surface area contributed by atoms with Crippen molar-refractivity contribution in [2.75, 3.05) is 18.8 Å². The van der Waals surface area contributed by atoms with E-state index in [2.05, 4.69) is 15.1 Å². The Morgan fingerprint density at radius 2 is 2.12 bits per heavy atom. The number of nitrogens with one attached hydrogen (secondary N) is 1. The van der Waals surface area contributed by atoms with Gasteiger partial charge in [-0.15, -0.1) is 0 Å². The van der Waals surface area contributed by atoms with Crippen LogP contribution in [0.2, 0.25) is 0 Å². The lowest BCUT2D eigenvalue weighted by Gasteiger charge is -2.14. The molecule has 1 N–H and O–H groups in total. The summed E-state index contributed by atoms with van der Waals surface area (Å²) in [4.78, 5) is 33.7. The van der Waals surface area contributed by atoms with Gasteiger partial charge in [0.25, 0.3) is 5.56 Å². The third-order valence-electron chi connectivity index (χ3n) is 4.45. The number of carbonyl (C=O) groups is 1. The number of hydrogen-bond donors (Lipinski definition) is 1. The molecule has 134 valence electrons. The van der Waals surface area contributed by atoms with Crippen molar-refractivity contribution in [2.24, 2.45) is 0 Å². The van der Waals surface area contributed by atoms with Gasteiger partial charge in [0.2, 0.25) is 5.91 Å². The van der Waals surface area contributed by atoms with E-state index >= 15 is 0 Å². The second kappa shape index (κ2) is 6.95. The van der Waals surface area contributed by atoms with Crippen molar-refractivity contribution in [3.05, 3.63) is 46.4 Å². The van der Waals surface area contributed by atoms with Crippen LogP contribution in [0.1, 0.15) is 18.4 Å². The quantitative estimate of drug-likeness (QED) is 0.563. The van der Waals surface area contributed by atoms with Crippen LogP contribution in [-0.4, -0.2) is 49.4 Å². The van der Waals surface area contributed by atoms with Crippen LogP contribution in [0.4, 0.5) is 0 Å². The molecule has 0 aliphatic carbocycles. The zero-order chi connectivity index (χ0) is 18.1. The summed E-state index contributed by atoms with van der Waals surface area (Å²) in [5.41, 5.74) is 2.20. The van der Waals surface area contributed by atoms with Crippen LogP contribution in [-0.2, 0) is 4.79 Å². The van der Waals surface area contributed by atoms with Crippen LogP contribution >= 0.6 is 11.8 Å². The number of likely N-dealkylation sites (tertiary alicyclic amines) is 1. The molecule has 4 rings (SSSR count). The van der Waals surface area contributed by atoms with E-state index in [0.29, 0.717) is 16.2 Å². The van der Waals surface area contributed by atoms with Gasteiger partial charge in [0.15, 0.2) is 10.8 Å². The highest BCUT2D eigenvalue weighted by Crippen LogP contribution is 2.19. The van der Waals surface area contributed by atoms with E-state index in [1.807, 2.05) is 36.1 Å². The Balaban J connectivity index is 1.63. The molecule has 0 saturated carbocycles. The summed E-state index contributed by atoms with van der Waals surface area (Å²) < 4.78 is 1.66. The number of aromatic nitrogens is 4. The van der Waals surface area contributed by atoms with E-state index in [4.69, 9.17) is 0 Å². The van der Waals surface area contributed by atoms with Gasteiger partial charge in [-0.2, -0.15) is 5.10 Å². The molecule has 0 unspecified atom stereocenters. The zero-order valence-electron chi connectivity index (χ0n) is 14.4. The number of fused-ring (bicyclic) bond motifs is 1. The van der Waals surface area contributed by atoms with E-state index in [1.165, 1.54) is 18.0 Å². The highest BCUT2D eigenvalue weighted by atomic mass is 32.2. The van der Waals surface area contributed by atoms with Crippen molar-refractivity contribution in [1.29, 1.82) is 0 Å². The SMILES string of the molecule is Cc1cccc(-n2ncc3c(=O)[nH]c(SCC(=O)N4CCCC4)nc32)c1. The predicted molar refractivity (Wildman–Crippen MR) is 101 cm³/mol. The highest BCUT2D eigenvalue weighted by molar-refractivity contribution is 7.99. The van der Waals surface area contributed by atoms with Gasteiger partial charge in [-0.1, -0.05) is 23.9 Å². The number of aromatic amines is 1. The number of rotatable bonds is 4. The van der Waals surface area contributed by atoms with E-state index in [9.17, 15) is 9.59 Å². The highest BCUT2D eigenvalue weighted by Gasteiger charge is 2.19. The molecule has 1 aliphatic heterocycles. The molecule has 2 aromatic heterocycles. The number of amides is 1. The lowest BCUT2D eigenvalue weighted by Crippen LogP contribution is -2.29. The van der Waals surface area contributed by atoms with Crippen molar-refractivity contribution in [3.8, 4) is 5.69 Å². The van der Waals surface area contributed by atoms with E-state index in [-0.39, 0.29) is 17.2 Å². The molecule has 26 heavy (non-hydrogen) atoms. The monoisotopic (exact) mass is 369 g/mol. The average molecular weight is 369 g/mol. The van der Waals surface area contributed by atoms with Crippen LogP contribution in [0, 0.1) is 6.92 Å². The maximum atomic E-state index is 12.4. The third kappa shape index (κ3) is 3.24. The summed E-state index contributed by atoms with van der Waals surface area (Å²) in [5, 5.41) is 5.18. The Bertz CT molecular complexity index is 1020. The Hall–Kier alpha value is -2.61. The lowest BCUT2D eigenvalue weighted by atomic mass is 10.2. The van der Waals surface area contributed by atoms with E-state index in [0.717, 1.165) is 37.2 Å². The minimum atomic E-state index is -0.245. The molecular formula is C18H19N5O2S. The van der Waals surface area contributed by atoms with Crippen LogP contribution < -0.4 is 5.56 Å². The molecule has 1 saturated heterocycles. The van der Waals surface area contributed by atoms with Gasteiger partial charge >= 0.3 is 0 Å². The first-order valence-electron chi connectivity index (χ1n) is 8.57. The Labute approximate surface area is 154 Å². The van der Waals surface area contributed by atoms with Crippen molar-refractivity contribution in [1.82, 2.24) is 24.6 Å². The number of hydrogen-bond acceptors (Lipinski definition) is 5. The summed E-state index contributed by atoms with van der Waals surface area (Å²) in [6, 6.07) is 7.85. The van der Waals surface area contributed by atoms with Gasteiger partial charge < -0.3 is 9.88 Å². The van der Waals surface area contributed by atoms with Gasteiger partial charge in [-0.25, -0.2) is 9.67 Å². The smallest absolute Gasteiger partial charge is 0.262 e. The minimum absolute atomic E-state index is 0.0856. The third-order valence-corrected chi connectivity index (χ3v) is 5.31. The summed E-state index contributed by atoms with van der Waals surface area (Å²) >= 11 is 1.26. The van der Waals surface area contributed by atoms with Crippen molar-refractivity contribution in [2.45, 2.75) is 24.9 Å². The molecule has 1 aromatic carbocycles. The standard InChI is InChI=1S/C18H19N5O2S/c1-12-5-4-6-13(9-12)23-16-14(10-19-23)17(25)21-18(20-16)26-11-15(24)22-7-2-3-8-22/h4-6,9-10H,2-3,7-8,11H2,1H3,(H,20,21,25). The topological polar surface area (TPSA) is 83.9 Å². The largest absolute Gasteiger partial charge is 0.342 e. The molecule has 0 spiro atoms. The maximum absolute atomic E-state index is 12.4. The molecule has 8 heteroatoms. The molecular weight excluding hydrogens is 350 g/mol.